The average Bonchev–Trinajstić information content (AvgIpc) is 1.58. The Hall–Kier alpha value is -6.05. The molecule has 0 aromatic heterocycles. The van der Waals surface area contributed by atoms with E-state index in [0.717, 1.165) is 29.1 Å². The summed E-state index contributed by atoms with van der Waals surface area (Å²) in [4.78, 5) is 123. The molecule has 93 heavy (non-hydrogen) atoms. The number of nitrogens with zero attached hydrogens (tertiary/aromatic N) is 2. The lowest BCUT2D eigenvalue weighted by molar-refractivity contribution is -0.158. The molecule has 4 bridgehead atoms. The van der Waals surface area contributed by atoms with Gasteiger partial charge in [-0.3, -0.25) is 29.8 Å². The Labute approximate surface area is 565 Å². The number of carbonyl (C=O) groups excluding carboxylic acids is 9. The molecule has 3 heterocycles. The van der Waals surface area contributed by atoms with Gasteiger partial charge < -0.3 is 74.6 Å². The van der Waals surface area contributed by atoms with Crippen LogP contribution in [0, 0.1) is 11.8 Å². The first kappa shape index (κ1) is 77.7. The number of benzene rings is 2. The minimum absolute atomic E-state index is 0.00301. The van der Waals surface area contributed by atoms with Gasteiger partial charge in [-0.15, -0.1) is 0 Å². The summed E-state index contributed by atoms with van der Waals surface area (Å²) < 4.78 is 62.9. The van der Waals surface area contributed by atoms with Crippen LogP contribution in [-0.4, -0.2) is 196 Å². The van der Waals surface area contributed by atoms with E-state index in [1.807, 2.05) is 20.8 Å². The van der Waals surface area contributed by atoms with Gasteiger partial charge in [0.05, 0.1) is 53.6 Å². The molecule has 3 aliphatic heterocycles. The number of esters is 1. The molecule has 2 aromatic rings. The number of methoxy groups -OCH3 is 2. The zero-order valence-corrected chi connectivity index (χ0v) is 59.5. The Kier molecular flexibility index (Phi) is 27.6. The van der Waals surface area contributed by atoms with E-state index < -0.39 is 146 Å². The smallest absolute Gasteiger partial charge is 0.409 e. The number of sulfone groups is 1. The predicted octanol–water partition coefficient (Wildman–Crippen LogP) is 5.98. The number of epoxide rings is 1. The van der Waals surface area contributed by atoms with Crippen molar-refractivity contribution in [2.75, 3.05) is 62.0 Å². The van der Waals surface area contributed by atoms with Crippen molar-refractivity contribution in [3.05, 3.63) is 70.3 Å². The number of alkyl carbamates (subject to hydrolysis) is 1. The molecule has 0 saturated carbocycles. The molecule has 2 fully saturated rings. The number of likely N-dealkylation sites (N-methyl/N-ethyl adjacent to an activating group) is 1. The van der Waals surface area contributed by atoms with Gasteiger partial charge in [-0.25, -0.2) is 22.8 Å². The monoisotopic (exact) mass is 1470 g/mol. The van der Waals surface area contributed by atoms with Gasteiger partial charge in [0.25, 0.3) is 5.91 Å². The maximum Gasteiger partial charge on any atom is 0.409 e. The number of urea groups is 1. The van der Waals surface area contributed by atoms with Crippen LogP contribution in [0.1, 0.15) is 116 Å². The number of ether oxygens (including phenoxy) is 6. The number of aldehydes is 2. The van der Waals surface area contributed by atoms with Gasteiger partial charge in [0.1, 0.15) is 58.7 Å². The zero-order chi connectivity index (χ0) is 69.7. The van der Waals surface area contributed by atoms with Gasteiger partial charge in [0.15, 0.2) is 21.8 Å². The fourth-order valence-corrected chi connectivity index (χ4v) is 13.8. The molecular weight excluding hydrogens is 1380 g/mol. The maximum absolute atomic E-state index is 14.6. The summed E-state index contributed by atoms with van der Waals surface area (Å²) in [7, 11) is 1.30. The number of carbonyl (C=O) groups is 9. The average molecular weight is 1470 g/mol. The lowest BCUT2D eigenvalue weighted by Gasteiger charge is -2.42. The number of amides is 7. The molecule has 3 aliphatic rings. The third kappa shape index (κ3) is 20.3. The van der Waals surface area contributed by atoms with Gasteiger partial charge in [0.2, 0.25) is 17.7 Å². The van der Waals surface area contributed by atoms with Gasteiger partial charge in [-0.05, 0) is 115 Å². The first-order valence-corrected chi connectivity index (χ1v) is 34.8. The number of allylic oxidation sites excluding steroid dienone is 3. The number of fused-ring (bicyclic) bond motifs is 5. The van der Waals surface area contributed by atoms with Crippen LogP contribution >= 0.6 is 43.5 Å². The number of nitrogens with two attached hydrogens (primary N) is 1. The van der Waals surface area contributed by atoms with E-state index in [0.29, 0.717) is 31.1 Å². The van der Waals surface area contributed by atoms with Crippen LogP contribution in [0.15, 0.2) is 59.0 Å². The number of anilines is 2. The van der Waals surface area contributed by atoms with Crippen molar-refractivity contribution in [3.8, 4) is 5.75 Å². The highest BCUT2D eigenvalue weighted by atomic mass is 79.9. The number of alkyl halides is 2. The zero-order valence-electron chi connectivity index (χ0n) is 54.7. The van der Waals surface area contributed by atoms with Crippen LogP contribution in [-0.2, 0) is 68.7 Å². The first-order chi connectivity index (χ1) is 43.5. The van der Waals surface area contributed by atoms with Crippen LogP contribution in [0.25, 0.3) is 0 Å². The standard InChI is InChI=1S/C63H89Br2ClN8O18S/c1-35(2)52(69-41(31-75)18-15-23-60(6,7)92-62(32-64,33-65)34-76)55(79)71-43(19-16-24-68-58(67)82)54(78)70-42-22-21-40(28-47(42)93(13,85)86)56(80)73(9)38(5)57(81)90-49-29-50(77)74(10)44-26-39(27-45(87-11)51(44)66)25-36(3)17-14-20-48(88-12)63(84)30-46(89-59(83)72-63)37(4)53-61(49,8)91-53/h14,17,20-22,26-28,31,34-35,37-38,41,43,46,48-49,52-53,69,84H,15-16,18-19,23-25,29-30,32-33H2,1-13H3,(H,70,78)(H,71,79)(H,72,83)(H3,67,68,82)/b20-14+,36-17+/t37-,38+,41?,43+,46+,48-,49+,52+,53+,61+,63+/m1/s1. The third-order valence-corrected chi connectivity index (χ3v) is 20.3. The summed E-state index contributed by atoms with van der Waals surface area (Å²) in [5.74, 6) is -4.87. The van der Waals surface area contributed by atoms with Crippen molar-refractivity contribution >= 4 is 119 Å². The van der Waals surface area contributed by atoms with Crippen molar-refractivity contribution in [3.63, 3.8) is 0 Å². The van der Waals surface area contributed by atoms with Gasteiger partial charge in [-0.1, -0.05) is 88.0 Å². The van der Waals surface area contributed by atoms with E-state index in [4.69, 9.17) is 45.8 Å². The molecule has 11 atom stereocenters. The highest BCUT2D eigenvalue weighted by Gasteiger charge is 2.64. The Morgan fingerprint density at radius 3 is 2.31 bits per heavy atom. The molecule has 0 spiro atoms. The second kappa shape index (κ2) is 33.1. The summed E-state index contributed by atoms with van der Waals surface area (Å²) in [6.45, 7) is 13.7. The number of rotatable bonds is 28. The summed E-state index contributed by atoms with van der Waals surface area (Å²) in [5, 5.41) is 25.9. The Morgan fingerprint density at radius 1 is 1.04 bits per heavy atom. The summed E-state index contributed by atoms with van der Waals surface area (Å²) in [6.07, 6.45) is 2.99. The van der Waals surface area contributed by atoms with Gasteiger partial charge in [-0.2, -0.15) is 0 Å². The van der Waals surface area contributed by atoms with Crippen molar-refractivity contribution in [2.24, 2.45) is 17.6 Å². The van der Waals surface area contributed by atoms with E-state index in [2.05, 4.69) is 58.4 Å². The Balaban J connectivity index is 1.40. The number of halogens is 3. The minimum atomic E-state index is -4.28. The molecule has 30 heteroatoms. The quantitative estimate of drug-likeness (QED) is 0.0169. The minimum Gasteiger partial charge on any atom is -0.495 e. The van der Waals surface area contributed by atoms with Gasteiger partial charge in [0, 0.05) is 62.6 Å². The number of primary amides is 1. The number of hydrogen-bond donors (Lipinski definition) is 7. The molecule has 2 saturated heterocycles. The van der Waals surface area contributed by atoms with Crippen LogP contribution in [0.4, 0.5) is 21.0 Å². The van der Waals surface area contributed by atoms with Crippen molar-refractivity contribution in [2.45, 2.75) is 183 Å². The molecule has 0 aliphatic carbocycles. The highest BCUT2D eigenvalue weighted by Crippen LogP contribution is 2.49. The van der Waals surface area contributed by atoms with Gasteiger partial charge >= 0.3 is 18.1 Å². The van der Waals surface area contributed by atoms with Crippen LogP contribution in [0.3, 0.4) is 0 Å². The fourth-order valence-electron chi connectivity index (χ4n) is 11.2. The number of aliphatic hydroxyl groups is 1. The van der Waals surface area contributed by atoms with Crippen LogP contribution in [0.2, 0.25) is 5.02 Å². The molecule has 5 rings (SSSR count). The second-order valence-corrected chi connectivity index (χ2v) is 28.6. The molecule has 26 nitrogen and oxygen atoms in total. The molecule has 1 unspecified atom stereocenters. The lowest BCUT2D eigenvalue weighted by atomic mass is 9.83. The predicted molar refractivity (Wildman–Crippen MR) is 354 cm³/mol. The molecule has 516 valence electrons. The third-order valence-electron chi connectivity index (χ3n) is 16.9. The lowest BCUT2D eigenvalue weighted by Crippen LogP contribution is -2.63. The summed E-state index contributed by atoms with van der Waals surface area (Å²) >= 11 is 13.5. The van der Waals surface area contributed by atoms with Crippen molar-refractivity contribution in [1.29, 1.82) is 0 Å². The van der Waals surface area contributed by atoms with Crippen LogP contribution in [0.5, 0.6) is 5.75 Å². The fraction of sp³-hybridized carbons (Fsp3) is 0.603. The largest absolute Gasteiger partial charge is 0.495 e. The van der Waals surface area contributed by atoms with E-state index >= 15 is 0 Å². The second-order valence-electron chi connectivity index (χ2n) is 25.1. The normalized spacial score (nSPS) is 24.2. The molecule has 0 radical (unpaired) electrons. The van der Waals surface area contributed by atoms with E-state index in [1.165, 1.54) is 52.3 Å². The molecule has 7 amide bonds. The maximum atomic E-state index is 14.6. The summed E-state index contributed by atoms with van der Waals surface area (Å²) in [6, 6.07) is 1.37. The molecular formula is C63H89Br2ClN8O18S. The van der Waals surface area contributed by atoms with Crippen molar-refractivity contribution < 1.29 is 85.1 Å². The Morgan fingerprint density at radius 2 is 1.72 bits per heavy atom. The molecule has 8 N–H and O–H groups in total. The van der Waals surface area contributed by atoms with E-state index in [1.54, 1.807) is 58.1 Å². The summed E-state index contributed by atoms with van der Waals surface area (Å²) in [5.41, 5.74) is 1.30. The van der Waals surface area contributed by atoms with E-state index in [9.17, 15) is 56.7 Å². The number of hydrogen-bond acceptors (Lipinski definition) is 19. The Bertz CT molecular complexity index is 3260. The number of nitrogens with one attached hydrogen (secondary N) is 5. The SMILES string of the molecule is COc1cc2cc(c1Cl)N(C)C(=O)C[C@H](OC(=O)[C@H](C)N(C)C(=O)c1ccc(NC(=O)[C@H](CCCNC(N)=O)NC(=O)[C@@H](NC(C=O)CCCC(C)(C)OC(C=O)(CBr)CBr)C(C)C)c(S(C)(=O)=O)c1)[C@]1(C)O[C@H]1[C@H](C)[C@@H]1C[C@@](O)(NC(=O)O1)[C@H](OC)/C=C/C=C(\C)C2. The molecule has 2 aromatic carbocycles. The van der Waals surface area contributed by atoms with Crippen LogP contribution < -0.4 is 42.0 Å². The van der Waals surface area contributed by atoms with Crippen molar-refractivity contribution in [1.82, 2.24) is 26.2 Å². The topological polar surface area (TPSA) is 359 Å². The highest BCUT2D eigenvalue weighted by molar-refractivity contribution is 9.10. The first-order valence-electron chi connectivity index (χ1n) is 30.3. The van der Waals surface area contributed by atoms with E-state index in [-0.39, 0.29) is 70.6 Å².